The Hall–Kier alpha value is -0.530. The van der Waals surface area contributed by atoms with E-state index in [0.717, 1.165) is 6.42 Å². The van der Waals surface area contributed by atoms with E-state index < -0.39 is 0 Å². The Morgan fingerprint density at radius 1 is 1.56 bits per heavy atom. The number of rotatable bonds is 0. The molecule has 0 radical (unpaired) electrons. The fourth-order valence-electron chi connectivity index (χ4n) is 0.595. The van der Waals surface area contributed by atoms with Crippen LogP contribution in [0.2, 0.25) is 0 Å². The minimum atomic E-state index is 0.625. The highest BCUT2D eigenvalue weighted by Crippen LogP contribution is 2.04. The number of hydrazone groups is 1. The maximum absolute atomic E-state index is 4.03. The Kier molecular flexibility index (Phi) is 4.10. The molecule has 2 nitrogen and oxygen atoms in total. The molecule has 1 unspecified atom stereocenters. The minimum absolute atomic E-state index is 0.625. The molecule has 0 fully saturated rings. The van der Waals surface area contributed by atoms with Gasteiger partial charge in [-0.2, -0.15) is 5.10 Å². The second kappa shape index (κ2) is 4.36. The van der Waals surface area contributed by atoms with Gasteiger partial charge in [-0.15, -0.1) is 0 Å². The van der Waals surface area contributed by atoms with Gasteiger partial charge in [-0.05, 0) is 6.92 Å². The molecule has 0 saturated heterocycles. The van der Waals surface area contributed by atoms with Crippen molar-refractivity contribution in [2.75, 3.05) is 7.05 Å². The molecule has 9 heavy (non-hydrogen) atoms. The van der Waals surface area contributed by atoms with Crippen molar-refractivity contribution in [3.05, 3.63) is 0 Å². The fourth-order valence-corrected chi connectivity index (χ4v) is 0.595. The van der Waals surface area contributed by atoms with Crippen molar-refractivity contribution in [3.8, 4) is 0 Å². The molecule has 0 aromatic heterocycles. The van der Waals surface area contributed by atoms with Crippen LogP contribution < -0.4 is 0 Å². The summed E-state index contributed by atoms with van der Waals surface area (Å²) in [7, 11) is 1.99. The normalized spacial score (nSPS) is 23.6. The molecule has 0 saturated carbocycles. The Morgan fingerprint density at radius 2 is 2.11 bits per heavy atom. The van der Waals surface area contributed by atoms with Crippen molar-refractivity contribution in [1.82, 2.24) is 5.01 Å². The minimum Gasteiger partial charge on any atom is -0.297 e. The molecular formula is C7H16N2. The van der Waals surface area contributed by atoms with Crippen molar-refractivity contribution in [1.29, 1.82) is 0 Å². The molecule has 0 bridgehead atoms. The maximum Gasteiger partial charge on any atom is 0.0489 e. The van der Waals surface area contributed by atoms with Gasteiger partial charge in [0, 0.05) is 25.7 Å². The van der Waals surface area contributed by atoms with Crippen LogP contribution in [0.5, 0.6) is 0 Å². The first-order valence-corrected chi connectivity index (χ1v) is 3.56. The first kappa shape index (κ1) is 8.47. The molecule has 0 aliphatic carbocycles. The molecule has 1 heterocycles. The molecule has 54 valence electrons. The summed E-state index contributed by atoms with van der Waals surface area (Å²) in [5, 5.41) is 6.00. The Morgan fingerprint density at radius 3 is 2.22 bits per heavy atom. The van der Waals surface area contributed by atoms with E-state index in [1.165, 1.54) is 0 Å². The van der Waals surface area contributed by atoms with Crippen LogP contribution in [-0.4, -0.2) is 24.3 Å². The van der Waals surface area contributed by atoms with Crippen LogP contribution >= 0.6 is 0 Å². The SMILES string of the molecule is CC.CC1CC=NN1C. The monoisotopic (exact) mass is 128 g/mol. The summed E-state index contributed by atoms with van der Waals surface area (Å²) in [6.45, 7) is 6.16. The standard InChI is InChI=1S/C5H10N2.C2H6/c1-5-3-4-6-7(5)2;1-2/h4-5H,3H2,1-2H3;1-2H3. The zero-order valence-corrected chi connectivity index (χ0v) is 6.76. The lowest BCUT2D eigenvalue weighted by Gasteiger charge is -2.11. The van der Waals surface area contributed by atoms with Gasteiger partial charge in [-0.1, -0.05) is 13.8 Å². The second-order valence-electron chi connectivity index (χ2n) is 1.96. The zero-order valence-electron chi connectivity index (χ0n) is 6.76. The van der Waals surface area contributed by atoms with Gasteiger partial charge in [-0.25, -0.2) is 0 Å². The molecule has 0 amide bonds. The molecule has 1 rings (SSSR count). The summed E-state index contributed by atoms with van der Waals surface area (Å²) in [5.41, 5.74) is 0. The van der Waals surface area contributed by atoms with Crippen molar-refractivity contribution in [3.63, 3.8) is 0 Å². The zero-order chi connectivity index (χ0) is 7.28. The van der Waals surface area contributed by atoms with Crippen LogP contribution in [0.25, 0.3) is 0 Å². The molecule has 0 aromatic carbocycles. The highest BCUT2D eigenvalue weighted by Gasteiger charge is 2.08. The first-order chi connectivity index (χ1) is 4.30. The lowest BCUT2D eigenvalue weighted by Crippen LogP contribution is -2.17. The van der Waals surface area contributed by atoms with Crippen LogP contribution in [-0.2, 0) is 0 Å². The highest BCUT2D eigenvalue weighted by atomic mass is 15.5. The Labute approximate surface area is 57.6 Å². The lowest BCUT2D eigenvalue weighted by molar-refractivity contribution is 0.303. The van der Waals surface area contributed by atoms with E-state index in [9.17, 15) is 0 Å². The highest BCUT2D eigenvalue weighted by molar-refractivity contribution is 5.59. The van der Waals surface area contributed by atoms with Gasteiger partial charge in [0.25, 0.3) is 0 Å². The van der Waals surface area contributed by atoms with Gasteiger partial charge < -0.3 is 0 Å². The molecular weight excluding hydrogens is 112 g/mol. The van der Waals surface area contributed by atoms with E-state index in [1.807, 2.05) is 32.1 Å². The average Bonchev–Trinajstić information content (AvgIpc) is 2.23. The fraction of sp³-hybridized carbons (Fsp3) is 0.857. The largest absolute Gasteiger partial charge is 0.297 e. The van der Waals surface area contributed by atoms with Gasteiger partial charge in [0.15, 0.2) is 0 Å². The van der Waals surface area contributed by atoms with Gasteiger partial charge in [0.1, 0.15) is 0 Å². The van der Waals surface area contributed by atoms with E-state index in [2.05, 4.69) is 12.0 Å². The van der Waals surface area contributed by atoms with Gasteiger partial charge >= 0.3 is 0 Å². The van der Waals surface area contributed by atoms with Crippen LogP contribution in [0.3, 0.4) is 0 Å². The first-order valence-electron chi connectivity index (χ1n) is 3.56. The summed E-state index contributed by atoms with van der Waals surface area (Å²) in [5.74, 6) is 0. The molecule has 0 aromatic rings. The number of hydrogen-bond acceptors (Lipinski definition) is 2. The lowest BCUT2D eigenvalue weighted by atomic mass is 10.3. The predicted octanol–water partition coefficient (Wildman–Crippen LogP) is 1.72. The predicted molar refractivity (Wildman–Crippen MR) is 41.7 cm³/mol. The summed E-state index contributed by atoms with van der Waals surface area (Å²) < 4.78 is 0. The summed E-state index contributed by atoms with van der Waals surface area (Å²) in [6, 6.07) is 0.625. The average molecular weight is 128 g/mol. The third-order valence-electron chi connectivity index (χ3n) is 1.35. The van der Waals surface area contributed by atoms with E-state index in [1.54, 1.807) is 0 Å². The van der Waals surface area contributed by atoms with E-state index in [4.69, 9.17) is 0 Å². The van der Waals surface area contributed by atoms with E-state index >= 15 is 0 Å². The Bertz CT molecular complexity index is 88.9. The van der Waals surface area contributed by atoms with Crippen molar-refractivity contribution >= 4 is 6.21 Å². The summed E-state index contributed by atoms with van der Waals surface area (Å²) in [4.78, 5) is 0. The van der Waals surface area contributed by atoms with Crippen molar-refractivity contribution in [2.45, 2.75) is 33.2 Å². The van der Waals surface area contributed by atoms with Crippen LogP contribution in [0.4, 0.5) is 0 Å². The second-order valence-corrected chi connectivity index (χ2v) is 1.96. The van der Waals surface area contributed by atoms with Gasteiger partial charge in [0.2, 0.25) is 0 Å². The third kappa shape index (κ3) is 2.49. The van der Waals surface area contributed by atoms with Crippen LogP contribution in [0.15, 0.2) is 5.10 Å². The van der Waals surface area contributed by atoms with Crippen LogP contribution in [0.1, 0.15) is 27.2 Å². The smallest absolute Gasteiger partial charge is 0.0489 e. The molecule has 0 N–H and O–H groups in total. The van der Waals surface area contributed by atoms with Crippen molar-refractivity contribution in [2.24, 2.45) is 5.10 Å². The topological polar surface area (TPSA) is 15.6 Å². The van der Waals surface area contributed by atoms with Gasteiger partial charge in [0.05, 0.1) is 0 Å². The molecule has 1 atom stereocenters. The molecule has 1 aliphatic rings. The van der Waals surface area contributed by atoms with Crippen LogP contribution in [0, 0.1) is 0 Å². The van der Waals surface area contributed by atoms with Gasteiger partial charge in [-0.3, -0.25) is 5.01 Å². The molecule has 0 spiro atoms. The van der Waals surface area contributed by atoms with E-state index in [-0.39, 0.29) is 0 Å². The maximum atomic E-state index is 4.03. The quantitative estimate of drug-likeness (QED) is 0.485. The number of hydrogen-bond donors (Lipinski definition) is 0. The Balaban J connectivity index is 0.000000291. The summed E-state index contributed by atoms with van der Waals surface area (Å²) >= 11 is 0. The third-order valence-corrected chi connectivity index (χ3v) is 1.35. The van der Waals surface area contributed by atoms with Crippen molar-refractivity contribution < 1.29 is 0 Å². The number of nitrogens with zero attached hydrogens (tertiary/aromatic N) is 2. The van der Waals surface area contributed by atoms with E-state index in [0.29, 0.717) is 6.04 Å². The summed E-state index contributed by atoms with van der Waals surface area (Å²) in [6.07, 6.45) is 3.06. The molecule has 1 aliphatic heterocycles. The molecule has 2 heteroatoms.